The molecule has 0 aliphatic heterocycles. The Kier molecular flexibility index (Phi) is 6.89. The summed E-state index contributed by atoms with van der Waals surface area (Å²) in [4.78, 5) is 23.8. The lowest BCUT2D eigenvalue weighted by Crippen LogP contribution is -2.45. The van der Waals surface area contributed by atoms with E-state index in [4.69, 9.17) is 9.47 Å². The molecule has 0 aromatic heterocycles. The molecule has 0 saturated heterocycles. The summed E-state index contributed by atoms with van der Waals surface area (Å²) in [7, 11) is 0. The molecule has 1 aromatic carbocycles. The maximum absolute atomic E-state index is 12.6. The Balaban J connectivity index is 2.20. The van der Waals surface area contributed by atoms with Crippen molar-refractivity contribution in [2.24, 2.45) is 17.8 Å². The van der Waals surface area contributed by atoms with Crippen LogP contribution in [0.25, 0.3) is 0 Å². The van der Waals surface area contributed by atoms with Crippen LogP contribution in [0.4, 0.5) is 0 Å². The topological polar surface area (TPSA) is 84.9 Å². The largest absolute Gasteiger partial charge is 0.490 e. The predicted molar refractivity (Wildman–Crippen MR) is 98.4 cm³/mol. The third-order valence-corrected chi connectivity index (χ3v) is 4.82. The van der Waals surface area contributed by atoms with E-state index in [1.165, 1.54) is 0 Å². The van der Waals surface area contributed by atoms with E-state index < -0.39 is 17.8 Å². The number of hydrogen-bond acceptors (Lipinski definition) is 4. The van der Waals surface area contributed by atoms with E-state index >= 15 is 0 Å². The summed E-state index contributed by atoms with van der Waals surface area (Å²) in [6.07, 6.45) is 1.19. The van der Waals surface area contributed by atoms with E-state index in [1.54, 1.807) is 0 Å². The summed E-state index contributed by atoms with van der Waals surface area (Å²) in [5.74, 6) is -0.610. The van der Waals surface area contributed by atoms with Gasteiger partial charge in [-0.2, -0.15) is 0 Å². The maximum Gasteiger partial charge on any atom is 0.307 e. The van der Waals surface area contributed by atoms with Crippen LogP contribution in [-0.2, 0) is 9.59 Å². The van der Waals surface area contributed by atoms with Gasteiger partial charge in [-0.1, -0.05) is 19.9 Å². The molecule has 1 amide bonds. The summed E-state index contributed by atoms with van der Waals surface area (Å²) in [6.45, 7) is 8.94. The summed E-state index contributed by atoms with van der Waals surface area (Å²) in [5, 5.41) is 12.2. The van der Waals surface area contributed by atoms with Gasteiger partial charge in [0.2, 0.25) is 5.91 Å². The van der Waals surface area contributed by atoms with Crippen LogP contribution >= 0.6 is 0 Å². The molecular weight excluding hydrogens is 334 g/mol. The Labute approximate surface area is 154 Å². The molecule has 144 valence electrons. The van der Waals surface area contributed by atoms with E-state index in [9.17, 15) is 14.7 Å². The van der Waals surface area contributed by atoms with Crippen molar-refractivity contribution < 1.29 is 24.2 Å². The Morgan fingerprint density at radius 1 is 1.12 bits per heavy atom. The van der Waals surface area contributed by atoms with Crippen molar-refractivity contribution in [1.29, 1.82) is 0 Å². The SMILES string of the molecule is CCOc1ccc(C(NC(=O)C2CCC2C(=O)O)C(C)C)cc1OCC. The molecule has 1 aliphatic rings. The fraction of sp³-hybridized carbons (Fsp3) is 0.600. The van der Waals surface area contributed by atoms with E-state index in [0.29, 0.717) is 37.6 Å². The van der Waals surface area contributed by atoms with Crippen molar-refractivity contribution in [3.63, 3.8) is 0 Å². The molecule has 1 aliphatic carbocycles. The number of rotatable bonds is 9. The number of amides is 1. The van der Waals surface area contributed by atoms with Gasteiger partial charge in [-0.05, 0) is 50.3 Å². The smallest absolute Gasteiger partial charge is 0.307 e. The van der Waals surface area contributed by atoms with Crippen LogP contribution in [0.1, 0.15) is 52.1 Å². The molecule has 1 fully saturated rings. The van der Waals surface area contributed by atoms with Gasteiger partial charge < -0.3 is 19.9 Å². The van der Waals surface area contributed by atoms with Crippen molar-refractivity contribution >= 4 is 11.9 Å². The van der Waals surface area contributed by atoms with Gasteiger partial charge in [-0.3, -0.25) is 9.59 Å². The first-order valence-electron chi connectivity index (χ1n) is 9.31. The average Bonchev–Trinajstić information content (AvgIpc) is 2.53. The summed E-state index contributed by atoms with van der Waals surface area (Å²) < 4.78 is 11.3. The number of aliphatic carboxylic acids is 1. The van der Waals surface area contributed by atoms with Gasteiger partial charge in [0, 0.05) is 0 Å². The van der Waals surface area contributed by atoms with Crippen molar-refractivity contribution in [2.45, 2.75) is 46.6 Å². The normalized spacial score (nSPS) is 20.2. The van der Waals surface area contributed by atoms with Gasteiger partial charge >= 0.3 is 5.97 Å². The van der Waals surface area contributed by atoms with Crippen molar-refractivity contribution in [2.75, 3.05) is 13.2 Å². The van der Waals surface area contributed by atoms with E-state index in [-0.39, 0.29) is 17.9 Å². The summed E-state index contributed by atoms with van der Waals surface area (Å²) in [5.41, 5.74) is 0.923. The second-order valence-corrected chi connectivity index (χ2v) is 6.93. The molecule has 0 spiro atoms. The first-order chi connectivity index (χ1) is 12.4. The van der Waals surface area contributed by atoms with Gasteiger partial charge in [0.25, 0.3) is 0 Å². The highest BCUT2D eigenvalue weighted by atomic mass is 16.5. The third-order valence-electron chi connectivity index (χ3n) is 4.82. The number of carbonyl (C=O) groups is 2. The predicted octanol–water partition coefficient (Wildman–Crippen LogP) is 3.41. The number of ether oxygens (including phenoxy) is 2. The molecule has 0 bridgehead atoms. The summed E-state index contributed by atoms with van der Waals surface area (Å²) in [6, 6.07) is 5.46. The second-order valence-electron chi connectivity index (χ2n) is 6.93. The lowest BCUT2D eigenvalue weighted by molar-refractivity contribution is -0.153. The summed E-state index contributed by atoms with van der Waals surface area (Å²) >= 11 is 0. The fourth-order valence-electron chi connectivity index (χ4n) is 3.27. The zero-order chi connectivity index (χ0) is 19.3. The van der Waals surface area contributed by atoms with Gasteiger partial charge in [0.15, 0.2) is 11.5 Å². The fourth-order valence-corrected chi connectivity index (χ4v) is 3.27. The van der Waals surface area contributed by atoms with Gasteiger partial charge in [-0.25, -0.2) is 0 Å². The molecule has 3 atom stereocenters. The number of nitrogens with one attached hydrogen (secondary N) is 1. The van der Waals surface area contributed by atoms with Crippen LogP contribution in [0.15, 0.2) is 18.2 Å². The number of carboxylic acids is 1. The van der Waals surface area contributed by atoms with Crippen molar-refractivity contribution in [3.8, 4) is 11.5 Å². The van der Waals surface area contributed by atoms with Crippen LogP contribution in [0, 0.1) is 17.8 Å². The Morgan fingerprint density at radius 3 is 2.23 bits per heavy atom. The zero-order valence-electron chi connectivity index (χ0n) is 16.0. The Bertz CT molecular complexity index is 643. The molecular formula is C20H29NO5. The monoisotopic (exact) mass is 363 g/mol. The number of carbonyl (C=O) groups excluding carboxylic acids is 1. The number of benzene rings is 1. The molecule has 1 saturated carbocycles. The van der Waals surface area contributed by atoms with Crippen molar-refractivity contribution in [1.82, 2.24) is 5.32 Å². The van der Waals surface area contributed by atoms with E-state index in [1.807, 2.05) is 45.9 Å². The van der Waals surface area contributed by atoms with Crippen LogP contribution in [0.2, 0.25) is 0 Å². The third kappa shape index (κ3) is 4.48. The first-order valence-corrected chi connectivity index (χ1v) is 9.31. The molecule has 0 radical (unpaired) electrons. The minimum Gasteiger partial charge on any atom is -0.490 e. The highest BCUT2D eigenvalue weighted by Crippen LogP contribution is 2.37. The van der Waals surface area contributed by atoms with E-state index in [2.05, 4.69) is 5.32 Å². The average molecular weight is 363 g/mol. The molecule has 6 heteroatoms. The Morgan fingerprint density at radius 2 is 1.73 bits per heavy atom. The molecule has 2 N–H and O–H groups in total. The lowest BCUT2D eigenvalue weighted by atomic mass is 9.73. The number of carboxylic acid groups (broad SMARTS) is 1. The van der Waals surface area contributed by atoms with Crippen molar-refractivity contribution in [3.05, 3.63) is 23.8 Å². The van der Waals surface area contributed by atoms with Gasteiger partial charge in [0.1, 0.15) is 0 Å². The van der Waals surface area contributed by atoms with Crippen LogP contribution in [-0.4, -0.2) is 30.2 Å². The quantitative estimate of drug-likeness (QED) is 0.702. The molecule has 1 aromatic rings. The standard InChI is InChI=1S/C20H29NO5/c1-5-25-16-10-7-13(11-17(16)26-6-2)18(12(3)4)21-19(22)14-8-9-15(14)20(23)24/h7,10-12,14-15,18H,5-6,8-9H2,1-4H3,(H,21,22)(H,23,24). The molecule has 6 nitrogen and oxygen atoms in total. The molecule has 2 rings (SSSR count). The zero-order valence-corrected chi connectivity index (χ0v) is 16.0. The molecule has 0 heterocycles. The minimum atomic E-state index is -0.891. The minimum absolute atomic E-state index is 0.148. The van der Waals surface area contributed by atoms with Crippen LogP contribution < -0.4 is 14.8 Å². The Hall–Kier alpha value is -2.24. The van der Waals surface area contributed by atoms with Crippen LogP contribution in [0.5, 0.6) is 11.5 Å². The second kappa shape index (κ2) is 8.92. The lowest BCUT2D eigenvalue weighted by Gasteiger charge is -2.34. The maximum atomic E-state index is 12.6. The van der Waals surface area contributed by atoms with Gasteiger partial charge in [-0.15, -0.1) is 0 Å². The first kappa shape index (κ1) is 20.1. The molecule has 26 heavy (non-hydrogen) atoms. The molecule has 3 unspecified atom stereocenters. The van der Waals surface area contributed by atoms with E-state index in [0.717, 1.165) is 5.56 Å². The number of hydrogen-bond donors (Lipinski definition) is 2. The highest BCUT2D eigenvalue weighted by molar-refractivity contribution is 5.86. The highest BCUT2D eigenvalue weighted by Gasteiger charge is 2.42. The van der Waals surface area contributed by atoms with Crippen LogP contribution in [0.3, 0.4) is 0 Å². The van der Waals surface area contributed by atoms with Gasteiger partial charge in [0.05, 0.1) is 31.1 Å².